The number of ether oxygens (including phenoxy) is 2. The minimum absolute atomic E-state index is 0.199. The summed E-state index contributed by atoms with van der Waals surface area (Å²) in [6.07, 6.45) is 5.91. The van der Waals surface area contributed by atoms with Crippen molar-refractivity contribution in [2.75, 3.05) is 40.5 Å². The number of aliphatic carboxylic acids is 1. The third-order valence-corrected chi connectivity index (χ3v) is 4.63. The van der Waals surface area contributed by atoms with E-state index in [1.807, 2.05) is 0 Å². The van der Waals surface area contributed by atoms with Crippen molar-refractivity contribution in [3.8, 4) is 0 Å². The largest absolute Gasteiger partial charge is 0.481 e. The number of carboxylic acid groups (broad SMARTS) is 1. The standard InChI is InChI=1S/C16H31NO4/c1-14(12-21-3)17(10-11-20-2)13-16(15(18)19)8-6-4-5-7-9-16/h14H,4-13H2,1-3H3,(H,18,19). The third kappa shape index (κ3) is 5.57. The first-order chi connectivity index (χ1) is 10.1. The molecule has 5 heteroatoms. The molecule has 1 aliphatic rings. The fraction of sp³-hybridized carbons (Fsp3) is 0.938. The lowest BCUT2D eigenvalue weighted by atomic mass is 9.79. The zero-order valence-corrected chi connectivity index (χ0v) is 13.8. The van der Waals surface area contributed by atoms with E-state index >= 15 is 0 Å². The average Bonchev–Trinajstić information content (AvgIpc) is 2.70. The summed E-state index contributed by atoms with van der Waals surface area (Å²) < 4.78 is 10.4. The highest BCUT2D eigenvalue weighted by molar-refractivity contribution is 5.75. The van der Waals surface area contributed by atoms with Crippen molar-refractivity contribution in [2.24, 2.45) is 5.41 Å². The molecule has 0 aliphatic heterocycles. The van der Waals surface area contributed by atoms with Crippen LogP contribution in [0.3, 0.4) is 0 Å². The molecule has 124 valence electrons. The molecule has 0 saturated heterocycles. The fourth-order valence-corrected chi connectivity index (χ4v) is 3.24. The number of carboxylic acids is 1. The molecule has 1 unspecified atom stereocenters. The Morgan fingerprint density at radius 2 is 1.81 bits per heavy atom. The van der Waals surface area contributed by atoms with Gasteiger partial charge >= 0.3 is 5.97 Å². The van der Waals surface area contributed by atoms with Gasteiger partial charge in [0.25, 0.3) is 0 Å². The number of nitrogens with zero attached hydrogens (tertiary/aromatic N) is 1. The topological polar surface area (TPSA) is 59.0 Å². The Kier molecular flexibility index (Phi) is 8.22. The van der Waals surface area contributed by atoms with E-state index in [9.17, 15) is 9.90 Å². The predicted octanol–water partition coefficient (Wildman–Crippen LogP) is 2.39. The number of carbonyl (C=O) groups is 1. The minimum atomic E-state index is -0.642. The molecule has 1 N–H and O–H groups in total. The second-order valence-electron chi connectivity index (χ2n) is 6.27. The minimum Gasteiger partial charge on any atom is -0.481 e. The Morgan fingerprint density at radius 1 is 1.19 bits per heavy atom. The Labute approximate surface area is 128 Å². The van der Waals surface area contributed by atoms with Crippen LogP contribution < -0.4 is 0 Å². The third-order valence-electron chi connectivity index (χ3n) is 4.63. The van der Waals surface area contributed by atoms with E-state index in [-0.39, 0.29) is 6.04 Å². The summed E-state index contributed by atoms with van der Waals surface area (Å²) >= 11 is 0. The van der Waals surface area contributed by atoms with Crippen molar-refractivity contribution in [3.05, 3.63) is 0 Å². The van der Waals surface area contributed by atoms with Gasteiger partial charge in [0.1, 0.15) is 0 Å². The lowest BCUT2D eigenvalue weighted by Gasteiger charge is -2.37. The molecule has 5 nitrogen and oxygen atoms in total. The van der Waals surface area contributed by atoms with Crippen molar-refractivity contribution in [2.45, 2.75) is 51.5 Å². The Balaban J connectivity index is 2.81. The number of methoxy groups -OCH3 is 2. The quantitative estimate of drug-likeness (QED) is 0.663. The van der Waals surface area contributed by atoms with Crippen molar-refractivity contribution >= 4 is 5.97 Å². The summed E-state index contributed by atoms with van der Waals surface area (Å²) in [4.78, 5) is 14.1. The van der Waals surface area contributed by atoms with E-state index in [0.29, 0.717) is 19.8 Å². The highest BCUT2D eigenvalue weighted by Gasteiger charge is 2.40. The predicted molar refractivity (Wildman–Crippen MR) is 82.6 cm³/mol. The second kappa shape index (κ2) is 9.38. The Morgan fingerprint density at radius 3 is 2.29 bits per heavy atom. The summed E-state index contributed by atoms with van der Waals surface area (Å²) in [7, 11) is 3.36. The van der Waals surface area contributed by atoms with Gasteiger partial charge < -0.3 is 14.6 Å². The highest BCUT2D eigenvalue weighted by Crippen LogP contribution is 2.36. The molecular weight excluding hydrogens is 270 g/mol. The van der Waals surface area contributed by atoms with Crippen LogP contribution in [0, 0.1) is 5.41 Å². The molecular formula is C16H31NO4. The summed E-state index contributed by atoms with van der Waals surface area (Å²) in [6, 6.07) is 0.199. The summed E-state index contributed by atoms with van der Waals surface area (Å²) in [5.41, 5.74) is -0.605. The van der Waals surface area contributed by atoms with E-state index < -0.39 is 11.4 Å². The second-order valence-corrected chi connectivity index (χ2v) is 6.27. The molecule has 1 aliphatic carbocycles. The smallest absolute Gasteiger partial charge is 0.310 e. The van der Waals surface area contributed by atoms with Crippen LogP contribution in [-0.4, -0.2) is 62.5 Å². The lowest BCUT2D eigenvalue weighted by molar-refractivity contribution is -0.152. The van der Waals surface area contributed by atoms with Crippen molar-refractivity contribution in [1.29, 1.82) is 0 Å². The molecule has 0 aromatic rings. The maximum Gasteiger partial charge on any atom is 0.310 e. The Hall–Kier alpha value is -0.650. The van der Waals surface area contributed by atoms with Crippen molar-refractivity contribution in [3.63, 3.8) is 0 Å². The van der Waals surface area contributed by atoms with E-state index in [4.69, 9.17) is 9.47 Å². The summed E-state index contributed by atoms with van der Waals surface area (Å²) in [6.45, 7) is 4.65. The Bertz CT molecular complexity index is 301. The van der Waals surface area contributed by atoms with Gasteiger partial charge in [-0.25, -0.2) is 0 Å². The normalized spacial score (nSPS) is 20.2. The van der Waals surface area contributed by atoms with Gasteiger partial charge in [0.05, 0.1) is 18.6 Å². The highest BCUT2D eigenvalue weighted by atomic mass is 16.5. The maximum absolute atomic E-state index is 11.9. The first kappa shape index (κ1) is 18.4. The van der Waals surface area contributed by atoms with Gasteiger partial charge in [-0.05, 0) is 19.8 Å². The summed E-state index contributed by atoms with van der Waals surface area (Å²) in [5.74, 6) is -0.642. The van der Waals surface area contributed by atoms with E-state index in [2.05, 4.69) is 11.8 Å². The van der Waals surface area contributed by atoms with Crippen molar-refractivity contribution in [1.82, 2.24) is 4.90 Å². The van der Waals surface area contributed by atoms with Gasteiger partial charge in [-0.1, -0.05) is 25.7 Å². The molecule has 1 atom stereocenters. The molecule has 0 radical (unpaired) electrons. The van der Waals surface area contributed by atoms with Gasteiger partial charge in [-0.3, -0.25) is 9.69 Å². The van der Waals surface area contributed by atoms with Crippen LogP contribution in [0.4, 0.5) is 0 Å². The average molecular weight is 301 g/mol. The molecule has 1 saturated carbocycles. The van der Waals surface area contributed by atoms with Crippen LogP contribution in [0.25, 0.3) is 0 Å². The number of hydrogen-bond acceptors (Lipinski definition) is 4. The molecule has 0 spiro atoms. The molecule has 0 amide bonds. The van der Waals surface area contributed by atoms with Gasteiger partial charge in [0.2, 0.25) is 0 Å². The van der Waals surface area contributed by atoms with Crippen LogP contribution >= 0.6 is 0 Å². The van der Waals surface area contributed by atoms with Crippen molar-refractivity contribution < 1.29 is 19.4 Å². The molecule has 21 heavy (non-hydrogen) atoms. The number of hydrogen-bond donors (Lipinski definition) is 1. The fourth-order valence-electron chi connectivity index (χ4n) is 3.24. The van der Waals surface area contributed by atoms with Crippen LogP contribution in [-0.2, 0) is 14.3 Å². The van der Waals surface area contributed by atoms with E-state index in [1.165, 1.54) is 0 Å². The molecule has 0 aromatic carbocycles. The van der Waals surface area contributed by atoms with E-state index in [0.717, 1.165) is 45.1 Å². The van der Waals surface area contributed by atoms with Gasteiger partial charge in [0.15, 0.2) is 0 Å². The first-order valence-electron chi connectivity index (χ1n) is 8.01. The van der Waals surface area contributed by atoms with Crippen LogP contribution in [0.1, 0.15) is 45.4 Å². The molecule has 1 rings (SSSR count). The lowest BCUT2D eigenvalue weighted by Crippen LogP contribution is -2.48. The van der Waals surface area contributed by atoms with Crippen LogP contribution in [0.5, 0.6) is 0 Å². The SMILES string of the molecule is COCCN(CC1(C(=O)O)CCCCCC1)C(C)COC. The van der Waals surface area contributed by atoms with Crippen LogP contribution in [0.15, 0.2) is 0 Å². The molecule has 1 fully saturated rings. The molecule has 0 bridgehead atoms. The number of rotatable bonds is 9. The first-order valence-corrected chi connectivity index (χ1v) is 8.01. The molecule has 0 aromatic heterocycles. The summed E-state index contributed by atoms with van der Waals surface area (Å²) in [5, 5.41) is 9.81. The maximum atomic E-state index is 11.9. The van der Waals surface area contributed by atoms with Gasteiger partial charge in [-0.2, -0.15) is 0 Å². The van der Waals surface area contributed by atoms with Gasteiger partial charge in [0, 0.05) is 33.4 Å². The van der Waals surface area contributed by atoms with Crippen LogP contribution in [0.2, 0.25) is 0 Å². The molecule has 0 heterocycles. The monoisotopic (exact) mass is 301 g/mol. The zero-order chi connectivity index (χ0) is 15.7. The zero-order valence-electron chi connectivity index (χ0n) is 13.8. The van der Waals surface area contributed by atoms with Gasteiger partial charge in [-0.15, -0.1) is 0 Å². The van der Waals surface area contributed by atoms with E-state index in [1.54, 1.807) is 14.2 Å².